The fourth-order valence-electron chi connectivity index (χ4n) is 7.62. The number of aromatic nitrogens is 2. The number of piperazine rings is 1. The molecule has 0 bridgehead atoms. The average molecular weight is 891 g/mol. The van der Waals surface area contributed by atoms with Gasteiger partial charge in [-0.15, -0.1) is 0 Å². The maximum atomic E-state index is 13.9. The molecule has 4 N–H and O–H groups in total. The van der Waals surface area contributed by atoms with Crippen LogP contribution in [-0.4, -0.2) is 110 Å². The number of anilines is 6. The molecule has 4 heterocycles. The molecule has 17 nitrogen and oxygen atoms in total. The summed E-state index contributed by atoms with van der Waals surface area (Å²) in [6.07, 6.45) is -1.29. The van der Waals surface area contributed by atoms with E-state index in [0.29, 0.717) is 35.2 Å². The third-order valence-corrected chi connectivity index (χ3v) is 12.3. The molecule has 0 radical (unpaired) electrons. The summed E-state index contributed by atoms with van der Waals surface area (Å²) in [5.41, 5.74) is 1.79. The summed E-state index contributed by atoms with van der Waals surface area (Å²) in [6.45, 7) is 3.77. The zero-order chi connectivity index (χ0) is 45.1. The molecule has 21 heteroatoms. The van der Waals surface area contributed by atoms with Crippen LogP contribution in [0, 0.1) is 0 Å². The Labute approximate surface area is 361 Å². The number of para-hydroxylation sites is 1. The minimum absolute atomic E-state index is 0.0193. The van der Waals surface area contributed by atoms with Crippen molar-refractivity contribution in [2.75, 3.05) is 71.2 Å². The first-order valence-electron chi connectivity index (χ1n) is 20.2. The standard InChI is InChI=1S/C42H45F3N10O7S/c1-52(63(2,61)62)33-8-4-3-7-26(33)24-46-37-32(42(43,44)45)25-47-41(51-37)49-27-10-13-29(14-11-27)54-21-19-53(20-22-54)18-6-5-9-35(56)48-28-12-15-30-31(23-28)40(60)55(39(30)59)34-16-17-36(57)50-38(34)58/h3-4,7-8,10-15,23,25,34H,5-6,9,16-22,24H2,1-2H3,(H,48,56)(H,50,57,58)(H2,46,47,49,51). The number of rotatable bonds is 15. The van der Waals surface area contributed by atoms with Gasteiger partial charge in [0.05, 0.1) is 23.1 Å². The SMILES string of the molecule is CN(c1ccccc1CNc1nc(Nc2ccc(N3CCN(CCCCC(=O)Nc4ccc5c(c4)C(=O)N(C4CCC(=O)NC4=O)C5=O)CC3)cc2)ncc1C(F)(F)F)S(C)(=O)=O. The van der Waals surface area contributed by atoms with E-state index in [1.54, 1.807) is 36.4 Å². The number of imide groups is 2. The molecule has 3 aromatic carbocycles. The monoisotopic (exact) mass is 890 g/mol. The number of amides is 5. The van der Waals surface area contributed by atoms with Crippen molar-refractivity contribution in [3.05, 3.63) is 95.2 Å². The molecule has 1 aromatic heterocycles. The van der Waals surface area contributed by atoms with Crippen LogP contribution in [0.1, 0.15) is 63.9 Å². The molecule has 2 saturated heterocycles. The Morgan fingerprint density at radius 3 is 2.32 bits per heavy atom. The number of nitrogens with zero attached hydrogens (tertiary/aromatic N) is 6. The summed E-state index contributed by atoms with van der Waals surface area (Å²) in [6, 6.07) is 17.2. The second-order valence-electron chi connectivity index (χ2n) is 15.4. The predicted octanol–water partition coefficient (Wildman–Crippen LogP) is 4.58. The van der Waals surface area contributed by atoms with Gasteiger partial charge in [0.25, 0.3) is 11.8 Å². The van der Waals surface area contributed by atoms with E-state index in [1.807, 2.05) is 12.1 Å². The van der Waals surface area contributed by atoms with Crippen molar-refractivity contribution in [2.24, 2.45) is 0 Å². The molecule has 1 atom stereocenters. The Kier molecular flexibility index (Phi) is 13.0. The molecule has 332 valence electrons. The highest BCUT2D eigenvalue weighted by molar-refractivity contribution is 7.92. The predicted molar refractivity (Wildman–Crippen MR) is 228 cm³/mol. The van der Waals surface area contributed by atoms with Crippen LogP contribution < -0.4 is 30.5 Å². The highest BCUT2D eigenvalue weighted by Gasteiger charge is 2.44. The van der Waals surface area contributed by atoms with E-state index < -0.39 is 57.3 Å². The summed E-state index contributed by atoms with van der Waals surface area (Å²) in [4.78, 5) is 76.1. The van der Waals surface area contributed by atoms with Gasteiger partial charge in [0, 0.05) is 75.9 Å². The summed E-state index contributed by atoms with van der Waals surface area (Å²) >= 11 is 0. The van der Waals surface area contributed by atoms with Crippen LogP contribution in [0.15, 0.2) is 72.9 Å². The number of carbonyl (C=O) groups is 5. The van der Waals surface area contributed by atoms with Crippen molar-refractivity contribution in [1.82, 2.24) is 25.1 Å². The third-order valence-electron chi connectivity index (χ3n) is 11.1. The van der Waals surface area contributed by atoms with Crippen molar-refractivity contribution in [3.8, 4) is 0 Å². The first-order valence-corrected chi connectivity index (χ1v) is 22.0. The quantitative estimate of drug-likeness (QED) is 0.0955. The summed E-state index contributed by atoms with van der Waals surface area (Å²) in [5, 5.41) is 10.6. The van der Waals surface area contributed by atoms with E-state index in [9.17, 15) is 45.6 Å². The van der Waals surface area contributed by atoms with Gasteiger partial charge >= 0.3 is 6.18 Å². The fourth-order valence-corrected chi connectivity index (χ4v) is 8.15. The maximum absolute atomic E-state index is 13.9. The Balaban J connectivity index is 0.854. The molecular formula is C42H45F3N10O7S. The lowest BCUT2D eigenvalue weighted by Gasteiger charge is -2.36. The minimum Gasteiger partial charge on any atom is -0.369 e. The second kappa shape index (κ2) is 18.4. The van der Waals surface area contributed by atoms with Crippen molar-refractivity contribution in [2.45, 2.75) is 50.9 Å². The number of carbonyl (C=O) groups excluding carboxylic acids is 5. The van der Waals surface area contributed by atoms with Crippen LogP contribution in [0.4, 0.5) is 47.7 Å². The number of benzene rings is 3. The van der Waals surface area contributed by atoms with Crippen LogP contribution >= 0.6 is 0 Å². The van der Waals surface area contributed by atoms with Crippen LogP contribution in [0.25, 0.3) is 0 Å². The van der Waals surface area contributed by atoms with E-state index in [0.717, 1.165) is 60.3 Å². The van der Waals surface area contributed by atoms with Gasteiger partial charge in [0.1, 0.15) is 17.4 Å². The van der Waals surface area contributed by atoms with Gasteiger partial charge in [-0.3, -0.25) is 43.4 Å². The largest absolute Gasteiger partial charge is 0.421 e. The molecule has 4 aromatic rings. The molecule has 3 aliphatic rings. The van der Waals surface area contributed by atoms with Gasteiger partial charge in [-0.1, -0.05) is 18.2 Å². The third kappa shape index (κ3) is 10.4. The van der Waals surface area contributed by atoms with E-state index in [4.69, 9.17) is 0 Å². The number of piperidine rings is 1. The first-order chi connectivity index (χ1) is 30.0. The van der Waals surface area contributed by atoms with Gasteiger partial charge in [0.15, 0.2) is 0 Å². The number of unbranched alkanes of at least 4 members (excludes halogenated alkanes) is 1. The van der Waals surface area contributed by atoms with E-state index in [1.165, 1.54) is 25.2 Å². The maximum Gasteiger partial charge on any atom is 0.421 e. The molecule has 0 spiro atoms. The summed E-state index contributed by atoms with van der Waals surface area (Å²) < 4.78 is 67.2. The number of alkyl halides is 3. The normalized spacial score (nSPS) is 17.1. The average Bonchev–Trinajstić information content (AvgIpc) is 3.49. The smallest absolute Gasteiger partial charge is 0.369 e. The Morgan fingerprint density at radius 2 is 1.62 bits per heavy atom. The molecule has 1 unspecified atom stereocenters. The molecule has 3 aliphatic heterocycles. The van der Waals surface area contributed by atoms with E-state index in [-0.39, 0.29) is 48.8 Å². The number of fused-ring (bicyclic) bond motifs is 1. The first kappa shape index (κ1) is 44.4. The number of hydrogen-bond donors (Lipinski definition) is 4. The summed E-state index contributed by atoms with van der Waals surface area (Å²) in [7, 11) is -2.26. The zero-order valence-electron chi connectivity index (χ0n) is 34.4. The number of hydrogen-bond acceptors (Lipinski definition) is 13. The number of halogens is 3. The molecule has 2 fully saturated rings. The van der Waals surface area contributed by atoms with E-state index >= 15 is 0 Å². The second-order valence-corrected chi connectivity index (χ2v) is 17.4. The van der Waals surface area contributed by atoms with Crippen LogP contribution in [0.3, 0.4) is 0 Å². The Morgan fingerprint density at radius 1 is 0.921 bits per heavy atom. The molecule has 63 heavy (non-hydrogen) atoms. The number of sulfonamides is 1. The topological polar surface area (TPSA) is 206 Å². The van der Waals surface area contributed by atoms with E-state index in [2.05, 4.69) is 41.0 Å². The zero-order valence-corrected chi connectivity index (χ0v) is 35.2. The van der Waals surface area contributed by atoms with Gasteiger partial charge in [0.2, 0.25) is 33.7 Å². The van der Waals surface area contributed by atoms with Crippen molar-refractivity contribution in [3.63, 3.8) is 0 Å². The summed E-state index contributed by atoms with van der Waals surface area (Å²) in [5.74, 6) is -3.19. The lowest BCUT2D eigenvalue weighted by molar-refractivity contribution is -0.138. The highest BCUT2D eigenvalue weighted by Crippen LogP contribution is 2.35. The van der Waals surface area contributed by atoms with Crippen LogP contribution in [0.2, 0.25) is 0 Å². The van der Waals surface area contributed by atoms with Gasteiger partial charge in [-0.2, -0.15) is 18.2 Å². The fraction of sp³-hybridized carbons (Fsp3) is 0.357. The van der Waals surface area contributed by atoms with Crippen LogP contribution in [0.5, 0.6) is 0 Å². The van der Waals surface area contributed by atoms with Crippen molar-refractivity contribution in [1.29, 1.82) is 0 Å². The number of nitrogens with one attached hydrogen (secondary N) is 4. The van der Waals surface area contributed by atoms with Crippen LogP contribution in [-0.2, 0) is 37.1 Å². The molecular weight excluding hydrogens is 846 g/mol. The van der Waals surface area contributed by atoms with Crippen molar-refractivity contribution < 1.29 is 45.6 Å². The van der Waals surface area contributed by atoms with Crippen molar-refractivity contribution >= 4 is 74.1 Å². The van der Waals surface area contributed by atoms with Gasteiger partial charge in [-0.25, -0.2) is 13.4 Å². The Bertz CT molecular complexity index is 2530. The minimum atomic E-state index is -4.75. The molecule has 0 saturated carbocycles. The van der Waals surface area contributed by atoms with Gasteiger partial charge in [-0.05, 0) is 79.9 Å². The lowest BCUT2D eigenvalue weighted by atomic mass is 10.0. The Hall–Kier alpha value is -6.61. The molecule has 0 aliphatic carbocycles. The lowest BCUT2D eigenvalue weighted by Crippen LogP contribution is -2.54. The van der Waals surface area contributed by atoms with Gasteiger partial charge < -0.3 is 20.9 Å². The highest BCUT2D eigenvalue weighted by atomic mass is 32.2. The molecule has 5 amide bonds. The molecule has 7 rings (SSSR count).